The summed E-state index contributed by atoms with van der Waals surface area (Å²) in [5.41, 5.74) is 5.39. The molecule has 0 aliphatic carbocycles. The van der Waals surface area contributed by atoms with Crippen LogP contribution in [0, 0.1) is 0 Å². The summed E-state index contributed by atoms with van der Waals surface area (Å²) in [5, 5.41) is 10.6. The molecule has 35 heavy (non-hydrogen) atoms. The van der Waals surface area contributed by atoms with E-state index in [0.717, 1.165) is 58.7 Å². The Balaban J connectivity index is 1.36. The average Bonchev–Trinajstić information content (AvgIpc) is 3.66. The Morgan fingerprint density at radius 2 is 1.83 bits per heavy atom. The molecule has 7 rings (SSSR count). The molecule has 1 amide bonds. The van der Waals surface area contributed by atoms with Gasteiger partial charge in [-0.1, -0.05) is 30.3 Å². The molecule has 0 atom stereocenters. The molecular weight excluding hydrogens is 438 g/mol. The third kappa shape index (κ3) is 3.18. The smallest absolute Gasteiger partial charge is 0.256 e. The molecule has 0 radical (unpaired) electrons. The zero-order chi connectivity index (χ0) is 23.4. The number of nitrogens with zero attached hydrogens (tertiary/aromatic N) is 5. The van der Waals surface area contributed by atoms with Gasteiger partial charge in [0.2, 0.25) is 0 Å². The maximum absolute atomic E-state index is 13.1. The van der Waals surface area contributed by atoms with Crippen LogP contribution in [0.15, 0.2) is 67.1 Å². The second-order valence-electron chi connectivity index (χ2n) is 8.89. The maximum atomic E-state index is 13.1. The molecule has 170 valence electrons. The van der Waals surface area contributed by atoms with Crippen molar-refractivity contribution in [3.63, 3.8) is 0 Å². The van der Waals surface area contributed by atoms with Crippen LogP contribution in [0.25, 0.3) is 55.5 Å². The zero-order valence-electron chi connectivity index (χ0n) is 18.8. The molecule has 0 unspecified atom stereocenters. The Morgan fingerprint density at radius 3 is 2.74 bits per heavy atom. The number of hydrogen-bond acceptors (Lipinski definition) is 5. The molecule has 1 aliphatic heterocycles. The van der Waals surface area contributed by atoms with Crippen molar-refractivity contribution < 1.29 is 4.79 Å². The van der Waals surface area contributed by atoms with Crippen LogP contribution < -0.4 is 0 Å². The van der Waals surface area contributed by atoms with Crippen LogP contribution in [0.4, 0.5) is 0 Å². The number of rotatable bonds is 3. The fourth-order valence-corrected chi connectivity index (χ4v) is 4.99. The molecule has 4 aromatic heterocycles. The van der Waals surface area contributed by atoms with E-state index in [1.807, 2.05) is 53.8 Å². The van der Waals surface area contributed by atoms with E-state index in [9.17, 15) is 4.79 Å². The monoisotopic (exact) mass is 459 g/mol. The van der Waals surface area contributed by atoms with Crippen LogP contribution in [0.3, 0.4) is 0 Å². The molecule has 1 fully saturated rings. The number of aromatic nitrogens is 6. The number of carbonyl (C=O) groups excluding carboxylic acids is 1. The fourth-order valence-electron chi connectivity index (χ4n) is 4.99. The van der Waals surface area contributed by atoms with Crippen LogP contribution in [0.1, 0.15) is 23.2 Å². The summed E-state index contributed by atoms with van der Waals surface area (Å²) in [5.74, 6) is 0.633. The fraction of sp³-hybridized carbons (Fsp3) is 0.148. The second-order valence-corrected chi connectivity index (χ2v) is 8.89. The van der Waals surface area contributed by atoms with Crippen LogP contribution in [-0.2, 0) is 0 Å². The Morgan fingerprint density at radius 1 is 0.943 bits per heavy atom. The first kappa shape index (κ1) is 19.8. The van der Waals surface area contributed by atoms with Gasteiger partial charge in [-0.2, -0.15) is 5.10 Å². The summed E-state index contributed by atoms with van der Waals surface area (Å²) in [6.45, 7) is 1.60. The van der Waals surface area contributed by atoms with Gasteiger partial charge in [-0.25, -0.2) is 9.97 Å². The summed E-state index contributed by atoms with van der Waals surface area (Å²) in [4.78, 5) is 32.2. The van der Waals surface area contributed by atoms with E-state index < -0.39 is 0 Å². The number of H-pyrrole nitrogens is 2. The van der Waals surface area contributed by atoms with Crippen molar-refractivity contribution in [2.75, 3.05) is 13.1 Å². The van der Waals surface area contributed by atoms with Crippen molar-refractivity contribution in [2.24, 2.45) is 0 Å². The standard InChI is InChI=1S/C27H21N7O/c35-27(34-10-3-4-11-34)19-8-5-9-22-23(19)31-26(30-22)24-20-12-17(14-29-25(20)33-32-24)21-15-28-13-16-6-1-2-7-18(16)21/h1-2,5-9,12-15H,3-4,10-11H2,(H,30,31)(H,29,32,33). The van der Waals surface area contributed by atoms with E-state index in [1.54, 1.807) is 0 Å². The summed E-state index contributed by atoms with van der Waals surface area (Å²) < 4.78 is 0. The van der Waals surface area contributed by atoms with Crippen molar-refractivity contribution >= 4 is 38.7 Å². The number of carbonyl (C=O) groups is 1. The van der Waals surface area contributed by atoms with Gasteiger partial charge in [0.1, 0.15) is 11.2 Å². The highest BCUT2D eigenvalue weighted by atomic mass is 16.2. The lowest BCUT2D eigenvalue weighted by Crippen LogP contribution is -2.27. The van der Waals surface area contributed by atoms with Crippen molar-refractivity contribution in [1.29, 1.82) is 0 Å². The number of para-hydroxylation sites is 1. The SMILES string of the molecule is O=C(c1cccc2[nH]c(-c3n[nH]c4ncc(-c5cncc6ccccc56)cc34)nc12)N1CCCC1. The van der Waals surface area contributed by atoms with Gasteiger partial charge < -0.3 is 9.88 Å². The van der Waals surface area contributed by atoms with Crippen molar-refractivity contribution in [2.45, 2.75) is 12.8 Å². The van der Waals surface area contributed by atoms with Gasteiger partial charge in [0.15, 0.2) is 11.5 Å². The van der Waals surface area contributed by atoms with Gasteiger partial charge in [0.25, 0.3) is 5.91 Å². The highest BCUT2D eigenvalue weighted by molar-refractivity contribution is 6.06. The van der Waals surface area contributed by atoms with Crippen LogP contribution in [-0.4, -0.2) is 54.0 Å². The Hall–Kier alpha value is -4.59. The third-order valence-electron chi connectivity index (χ3n) is 6.76. The van der Waals surface area contributed by atoms with Gasteiger partial charge in [0, 0.05) is 48.2 Å². The highest BCUT2D eigenvalue weighted by Crippen LogP contribution is 2.32. The predicted octanol–water partition coefficient (Wildman–Crippen LogP) is 4.95. The molecule has 0 spiro atoms. The predicted molar refractivity (Wildman–Crippen MR) is 135 cm³/mol. The molecule has 1 saturated heterocycles. The molecule has 5 heterocycles. The van der Waals surface area contributed by atoms with E-state index in [0.29, 0.717) is 28.2 Å². The number of pyridine rings is 2. The minimum Gasteiger partial charge on any atom is -0.339 e. The van der Waals surface area contributed by atoms with Gasteiger partial charge in [-0.15, -0.1) is 0 Å². The first-order valence-corrected chi connectivity index (χ1v) is 11.7. The van der Waals surface area contributed by atoms with Gasteiger partial charge in [-0.05, 0) is 36.4 Å². The first-order valence-electron chi connectivity index (χ1n) is 11.7. The average molecular weight is 460 g/mol. The summed E-state index contributed by atoms with van der Waals surface area (Å²) >= 11 is 0. The lowest BCUT2D eigenvalue weighted by atomic mass is 10.0. The molecular formula is C27H21N7O. The molecule has 8 heteroatoms. The molecule has 2 aromatic carbocycles. The van der Waals surface area contributed by atoms with Gasteiger partial charge in [0.05, 0.1) is 16.5 Å². The van der Waals surface area contributed by atoms with Gasteiger partial charge in [-0.3, -0.25) is 14.9 Å². The molecule has 1 aliphatic rings. The Bertz CT molecular complexity index is 1740. The number of amides is 1. The normalized spacial score (nSPS) is 13.9. The minimum absolute atomic E-state index is 0.0328. The van der Waals surface area contributed by atoms with E-state index in [-0.39, 0.29) is 5.91 Å². The Labute approximate surface area is 200 Å². The first-order chi connectivity index (χ1) is 17.3. The highest BCUT2D eigenvalue weighted by Gasteiger charge is 2.23. The molecule has 0 saturated carbocycles. The zero-order valence-corrected chi connectivity index (χ0v) is 18.8. The topological polar surface area (TPSA) is 103 Å². The molecule has 2 N–H and O–H groups in total. The number of hydrogen-bond donors (Lipinski definition) is 2. The van der Waals surface area contributed by atoms with E-state index >= 15 is 0 Å². The summed E-state index contributed by atoms with van der Waals surface area (Å²) in [6.07, 6.45) is 7.66. The lowest BCUT2D eigenvalue weighted by Gasteiger charge is -2.15. The number of imidazole rings is 1. The van der Waals surface area contributed by atoms with Gasteiger partial charge >= 0.3 is 0 Å². The minimum atomic E-state index is 0.0328. The third-order valence-corrected chi connectivity index (χ3v) is 6.76. The van der Waals surface area contributed by atoms with Crippen molar-refractivity contribution in [3.05, 3.63) is 72.7 Å². The quantitative estimate of drug-likeness (QED) is 0.390. The van der Waals surface area contributed by atoms with E-state index in [2.05, 4.69) is 43.3 Å². The number of likely N-dealkylation sites (tertiary alicyclic amines) is 1. The van der Waals surface area contributed by atoms with Crippen LogP contribution in [0.5, 0.6) is 0 Å². The second kappa shape index (κ2) is 7.73. The Kier molecular flexibility index (Phi) is 4.38. The number of benzene rings is 2. The molecule has 0 bridgehead atoms. The number of aromatic amines is 2. The summed E-state index contributed by atoms with van der Waals surface area (Å²) in [7, 11) is 0. The van der Waals surface area contributed by atoms with Crippen LogP contribution >= 0.6 is 0 Å². The maximum Gasteiger partial charge on any atom is 0.256 e. The molecule has 6 aromatic rings. The summed E-state index contributed by atoms with van der Waals surface area (Å²) in [6, 6.07) is 15.9. The molecule has 8 nitrogen and oxygen atoms in total. The van der Waals surface area contributed by atoms with E-state index in [4.69, 9.17) is 4.98 Å². The van der Waals surface area contributed by atoms with Crippen molar-refractivity contribution in [3.8, 4) is 22.6 Å². The van der Waals surface area contributed by atoms with E-state index in [1.165, 1.54) is 0 Å². The largest absolute Gasteiger partial charge is 0.339 e. The lowest BCUT2D eigenvalue weighted by molar-refractivity contribution is 0.0794. The van der Waals surface area contributed by atoms with Crippen molar-refractivity contribution in [1.82, 2.24) is 35.0 Å². The van der Waals surface area contributed by atoms with Crippen LogP contribution in [0.2, 0.25) is 0 Å². The number of fused-ring (bicyclic) bond motifs is 3. The number of nitrogens with one attached hydrogen (secondary N) is 2.